The van der Waals surface area contributed by atoms with Crippen molar-refractivity contribution in [3.8, 4) is 11.1 Å². The summed E-state index contributed by atoms with van der Waals surface area (Å²) in [4.78, 5) is 12.7. The van der Waals surface area contributed by atoms with Gasteiger partial charge in [-0.15, -0.1) is 0 Å². The fourth-order valence-corrected chi connectivity index (χ4v) is 5.59. The number of carbonyl (C=O) groups is 1. The van der Waals surface area contributed by atoms with Gasteiger partial charge in [0.25, 0.3) is 0 Å². The molecular formula is C25H25O6P. The van der Waals surface area contributed by atoms with Crippen LogP contribution in [0, 0.1) is 0 Å². The standard InChI is InChI=1S/C25H25O6P/c1-3-30-32(27,28-2)24(18-11-5-4-6-12-18)31-25(26)29-17-23-21-15-9-7-13-19(21)20-14-8-10-16-22(20)23/h4-16,23-24H,3,17H2,1-2H3. The van der Waals surface area contributed by atoms with Crippen molar-refractivity contribution in [3.63, 3.8) is 0 Å². The quantitative estimate of drug-likeness (QED) is 0.286. The first-order valence-corrected chi connectivity index (χ1v) is 12.0. The van der Waals surface area contributed by atoms with E-state index in [0.29, 0.717) is 5.56 Å². The van der Waals surface area contributed by atoms with Gasteiger partial charge < -0.3 is 18.5 Å². The van der Waals surface area contributed by atoms with Crippen molar-refractivity contribution >= 4 is 13.8 Å². The fourth-order valence-electron chi connectivity index (χ4n) is 4.04. The Labute approximate surface area is 187 Å². The Balaban J connectivity index is 1.53. The van der Waals surface area contributed by atoms with Crippen LogP contribution >= 0.6 is 7.60 Å². The Morgan fingerprint density at radius 1 is 0.906 bits per heavy atom. The smallest absolute Gasteiger partial charge is 0.433 e. The van der Waals surface area contributed by atoms with Gasteiger partial charge in [-0.2, -0.15) is 0 Å². The summed E-state index contributed by atoms with van der Waals surface area (Å²) < 4.78 is 34.8. The maximum absolute atomic E-state index is 13.2. The molecule has 0 amide bonds. The van der Waals surface area contributed by atoms with E-state index in [-0.39, 0.29) is 19.1 Å². The Bertz CT molecular complexity index is 1080. The Morgan fingerprint density at radius 2 is 1.47 bits per heavy atom. The van der Waals surface area contributed by atoms with E-state index in [4.69, 9.17) is 18.5 Å². The molecule has 0 heterocycles. The summed E-state index contributed by atoms with van der Waals surface area (Å²) >= 11 is 0. The number of ether oxygens (including phenoxy) is 2. The predicted molar refractivity (Wildman–Crippen MR) is 122 cm³/mol. The zero-order chi connectivity index (χ0) is 22.6. The van der Waals surface area contributed by atoms with E-state index in [2.05, 4.69) is 12.1 Å². The molecule has 1 aliphatic carbocycles. The third-order valence-electron chi connectivity index (χ3n) is 5.47. The van der Waals surface area contributed by atoms with Gasteiger partial charge in [-0.05, 0) is 29.2 Å². The molecule has 3 aromatic carbocycles. The topological polar surface area (TPSA) is 71.1 Å². The van der Waals surface area contributed by atoms with Crippen LogP contribution in [0.25, 0.3) is 11.1 Å². The summed E-state index contributed by atoms with van der Waals surface area (Å²) in [5.74, 6) is -1.34. The van der Waals surface area contributed by atoms with E-state index in [0.717, 1.165) is 22.3 Å². The molecule has 6 nitrogen and oxygen atoms in total. The molecule has 166 valence electrons. The molecule has 0 fully saturated rings. The highest BCUT2D eigenvalue weighted by molar-refractivity contribution is 7.54. The maximum Gasteiger partial charge on any atom is 0.509 e. The van der Waals surface area contributed by atoms with Crippen LogP contribution < -0.4 is 0 Å². The Hall–Kier alpha value is -2.92. The molecule has 2 unspecified atom stereocenters. The second-order valence-corrected chi connectivity index (χ2v) is 9.48. The minimum atomic E-state index is -3.76. The minimum absolute atomic E-state index is 0.0975. The Kier molecular flexibility index (Phi) is 6.75. The van der Waals surface area contributed by atoms with Gasteiger partial charge in [0, 0.05) is 18.6 Å². The van der Waals surface area contributed by atoms with Crippen LogP contribution in [0.3, 0.4) is 0 Å². The monoisotopic (exact) mass is 452 g/mol. The molecule has 0 N–H and O–H groups in total. The van der Waals surface area contributed by atoms with Crippen LogP contribution in [-0.4, -0.2) is 26.5 Å². The predicted octanol–water partition coefficient (Wildman–Crippen LogP) is 6.53. The lowest BCUT2D eigenvalue weighted by Gasteiger charge is -2.25. The van der Waals surface area contributed by atoms with Gasteiger partial charge in [-0.3, -0.25) is 4.57 Å². The van der Waals surface area contributed by atoms with Crippen molar-refractivity contribution in [1.29, 1.82) is 0 Å². The molecule has 0 bridgehead atoms. The summed E-state index contributed by atoms with van der Waals surface area (Å²) in [6.45, 7) is 1.93. The molecule has 3 aromatic rings. The molecule has 2 atom stereocenters. The highest BCUT2D eigenvalue weighted by Gasteiger charge is 2.40. The second kappa shape index (κ2) is 9.70. The highest BCUT2D eigenvalue weighted by atomic mass is 31.2. The van der Waals surface area contributed by atoms with Gasteiger partial charge in [-0.25, -0.2) is 4.79 Å². The van der Waals surface area contributed by atoms with Crippen molar-refractivity contribution in [1.82, 2.24) is 0 Å². The molecule has 0 saturated heterocycles. The molecular weight excluding hydrogens is 427 g/mol. The summed E-state index contributed by atoms with van der Waals surface area (Å²) in [6.07, 6.45) is -0.933. The number of benzene rings is 3. The zero-order valence-corrected chi connectivity index (χ0v) is 18.9. The average Bonchev–Trinajstić information content (AvgIpc) is 3.15. The van der Waals surface area contributed by atoms with Gasteiger partial charge in [0.15, 0.2) is 0 Å². The van der Waals surface area contributed by atoms with Crippen molar-refractivity contribution in [2.24, 2.45) is 0 Å². The van der Waals surface area contributed by atoms with Crippen LogP contribution in [0.4, 0.5) is 4.79 Å². The number of carbonyl (C=O) groups excluding carboxylic acids is 1. The molecule has 0 spiro atoms. The molecule has 4 rings (SSSR count). The first kappa shape index (κ1) is 22.3. The van der Waals surface area contributed by atoms with Gasteiger partial charge in [-0.1, -0.05) is 78.9 Å². The van der Waals surface area contributed by atoms with Gasteiger partial charge >= 0.3 is 13.8 Å². The maximum atomic E-state index is 13.2. The van der Waals surface area contributed by atoms with Crippen molar-refractivity contribution in [2.75, 3.05) is 20.3 Å². The highest BCUT2D eigenvalue weighted by Crippen LogP contribution is 2.61. The first-order chi connectivity index (χ1) is 15.6. The fraction of sp³-hybridized carbons (Fsp3) is 0.240. The molecule has 32 heavy (non-hydrogen) atoms. The number of fused-ring (bicyclic) bond motifs is 3. The van der Waals surface area contributed by atoms with Gasteiger partial charge in [0.1, 0.15) is 6.61 Å². The third-order valence-corrected chi connectivity index (χ3v) is 7.58. The summed E-state index contributed by atoms with van der Waals surface area (Å²) in [5.41, 5.74) is 4.95. The molecule has 1 aliphatic rings. The van der Waals surface area contributed by atoms with E-state index in [1.54, 1.807) is 31.2 Å². The van der Waals surface area contributed by atoms with E-state index >= 15 is 0 Å². The SMILES string of the molecule is CCOP(=O)(OC)C(OC(=O)OCC1c2ccccc2-c2ccccc21)c1ccccc1. The zero-order valence-electron chi connectivity index (χ0n) is 18.0. The van der Waals surface area contributed by atoms with E-state index in [1.165, 1.54) is 7.11 Å². The van der Waals surface area contributed by atoms with Crippen LogP contribution in [0.2, 0.25) is 0 Å². The van der Waals surface area contributed by atoms with Gasteiger partial charge in [0.05, 0.1) is 6.61 Å². The van der Waals surface area contributed by atoms with Crippen molar-refractivity contribution < 1.29 is 27.9 Å². The lowest BCUT2D eigenvalue weighted by atomic mass is 9.98. The molecule has 7 heteroatoms. The normalized spacial score (nSPS) is 15.3. The second-order valence-electron chi connectivity index (χ2n) is 7.31. The lowest BCUT2D eigenvalue weighted by Crippen LogP contribution is -2.18. The number of hydrogen-bond acceptors (Lipinski definition) is 6. The Morgan fingerprint density at radius 3 is 2.03 bits per heavy atom. The third kappa shape index (κ3) is 4.35. The molecule has 0 aromatic heterocycles. The van der Waals surface area contributed by atoms with Gasteiger partial charge in [0.2, 0.25) is 5.85 Å². The first-order valence-electron chi connectivity index (χ1n) is 10.4. The minimum Gasteiger partial charge on any atom is -0.433 e. The van der Waals surface area contributed by atoms with Crippen molar-refractivity contribution in [2.45, 2.75) is 18.7 Å². The molecule has 0 saturated carbocycles. The summed E-state index contributed by atoms with van der Waals surface area (Å²) in [7, 11) is -2.49. The lowest BCUT2D eigenvalue weighted by molar-refractivity contribution is 0.0328. The molecule has 0 aliphatic heterocycles. The van der Waals surface area contributed by atoms with E-state index in [1.807, 2.05) is 42.5 Å². The van der Waals surface area contributed by atoms with Crippen LogP contribution in [0.15, 0.2) is 78.9 Å². The number of hydrogen-bond donors (Lipinski definition) is 0. The van der Waals surface area contributed by atoms with Crippen LogP contribution in [-0.2, 0) is 23.1 Å². The van der Waals surface area contributed by atoms with Crippen LogP contribution in [0.1, 0.15) is 35.4 Å². The van der Waals surface area contributed by atoms with Crippen LogP contribution in [0.5, 0.6) is 0 Å². The van der Waals surface area contributed by atoms with E-state index in [9.17, 15) is 9.36 Å². The summed E-state index contributed by atoms with van der Waals surface area (Å²) in [5, 5.41) is 0. The average molecular weight is 452 g/mol. The largest absolute Gasteiger partial charge is 0.509 e. The number of rotatable bonds is 8. The summed E-state index contributed by atoms with van der Waals surface area (Å²) in [6, 6.07) is 24.9. The van der Waals surface area contributed by atoms with E-state index < -0.39 is 19.6 Å². The molecule has 0 radical (unpaired) electrons. The van der Waals surface area contributed by atoms with Crippen molar-refractivity contribution in [3.05, 3.63) is 95.6 Å².